The average Bonchev–Trinajstić information content (AvgIpc) is 2.63. The number of benzene rings is 1. The first kappa shape index (κ1) is 18.7. The van der Waals surface area contributed by atoms with Crippen molar-refractivity contribution in [1.82, 2.24) is 4.90 Å². The van der Waals surface area contributed by atoms with Gasteiger partial charge in [0.05, 0.1) is 4.92 Å². The molecule has 132 valence electrons. The summed E-state index contributed by atoms with van der Waals surface area (Å²) in [5.74, 6) is -0.356. The Hall–Kier alpha value is -2.59. The molecule has 25 heavy (non-hydrogen) atoms. The fraction of sp³-hybridized carbons (Fsp3) is 0.412. The molecule has 0 radical (unpaired) electrons. The van der Waals surface area contributed by atoms with E-state index in [4.69, 9.17) is 11.6 Å². The van der Waals surface area contributed by atoms with Gasteiger partial charge < -0.3 is 10.2 Å². The second-order valence-corrected chi connectivity index (χ2v) is 6.35. The van der Waals surface area contributed by atoms with Crippen LogP contribution >= 0.6 is 11.6 Å². The molecule has 1 aromatic rings. The zero-order valence-corrected chi connectivity index (χ0v) is 14.6. The van der Waals surface area contributed by atoms with E-state index in [1.807, 2.05) is 6.07 Å². The van der Waals surface area contributed by atoms with Crippen LogP contribution in [0.25, 0.3) is 0 Å². The van der Waals surface area contributed by atoms with Gasteiger partial charge in [-0.3, -0.25) is 14.9 Å². The number of nitro groups is 1. The van der Waals surface area contributed by atoms with E-state index in [0.717, 1.165) is 25.7 Å². The minimum absolute atomic E-state index is 0.0214. The summed E-state index contributed by atoms with van der Waals surface area (Å²) in [7, 11) is 1.70. The number of hydrogen-bond donors (Lipinski definition) is 1. The van der Waals surface area contributed by atoms with E-state index in [-0.39, 0.29) is 28.2 Å². The van der Waals surface area contributed by atoms with Gasteiger partial charge in [0, 0.05) is 31.0 Å². The quantitative estimate of drug-likeness (QED) is 0.371. The minimum Gasteiger partial charge on any atom is -0.360 e. The number of amides is 1. The number of anilines is 1. The van der Waals surface area contributed by atoms with Crippen LogP contribution in [0.4, 0.5) is 11.4 Å². The van der Waals surface area contributed by atoms with Crippen molar-refractivity contribution in [3.05, 3.63) is 45.1 Å². The Labute approximate surface area is 151 Å². The largest absolute Gasteiger partial charge is 0.360 e. The van der Waals surface area contributed by atoms with Gasteiger partial charge >= 0.3 is 0 Å². The number of nitriles is 1. The summed E-state index contributed by atoms with van der Waals surface area (Å²) in [6.07, 6.45) is 6.50. The molecule has 0 aliphatic heterocycles. The van der Waals surface area contributed by atoms with E-state index < -0.39 is 4.92 Å². The van der Waals surface area contributed by atoms with E-state index in [1.54, 1.807) is 11.9 Å². The number of halogens is 1. The zero-order valence-electron chi connectivity index (χ0n) is 13.9. The first-order valence-electron chi connectivity index (χ1n) is 8.02. The third kappa shape index (κ3) is 4.70. The van der Waals surface area contributed by atoms with Crippen molar-refractivity contribution >= 4 is 28.9 Å². The molecule has 0 aromatic heterocycles. The van der Waals surface area contributed by atoms with Crippen LogP contribution in [-0.2, 0) is 4.79 Å². The number of carbonyl (C=O) groups excluding carboxylic acids is 1. The van der Waals surface area contributed by atoms with Gasteiger partial charge in [0.15, 0.2) is 0 Å². The number of hydrogen-bond acceptors (Lipinski definition) is 5. The second kappa shape index (κ2) is 8.49. The molecule has 1 aliphatic carbocycles. The first-order valence-corrected chi connectivity index (χ1v) is 8.39. The summed E-state index contributed by atoms with van der Waals surface area (Å²) in [5, 5.41) is 23.0. The maximum atomic E-state index is 12.5. The van der Waals surface area contributed by atoms with Gasteiger partial charge in [0.25, 0.3) is 11.6 Å². The van der Waals surface area contributed by atoms with Gasteiger partial charge in [0.2, 0.25) is 0 Å². The molecule has 2 rings (SSSR count). The number of carbonyl (C=O) groups is 1. The van der Waals surface area contributed by atoms with Crippen molar-refractivity contribution < 1.29 is 9.72 Å². The van der Waals surface area contributed by atoms with Crippen molar-refractivity contribution in [3.8, 4) is 6.07 Å². The Morgan fingerprint density at radius 1 is 1.44 bits per heavy atom. The van der Waals surface area contributed by atoms with Gasteiger partial charge in [-0.2, -0.15) is 5.26 Å². The molecule has 7 nitrogen and oxygen atoms in total. The first-order chi connectivity index (χ1) is 11.9. The molecule has 1 aromatic carbocycles. The highest BCUT2D eigenvalue weighted by molar-refractivity contribution is 6.32. The summed E-state index contributed by atoms with van der Waals surface area (Å²) in [5.41, 5.74) is 0.0758. The Bertz CT molecular complexity index is 736. The Morgan fingerprint density at radius 3 is 2.72 bits per heavy atom. The molecular weight excluding hydrogens is 344 g/mol. The Kier molecular flexibility index (Phi) is 6.37. The normalized spacial score (nSPS) is 15.3. The van der Waals surface area contributed by atoms with Gasteiger partial charge in [0.1, 0.15) is 16.7 Å². The average molecular weight is 363 g/mol. The van der Waals surface area contributed by atoms with Gasteiger partial charge in [-0.05, 0) is 25.0 Å². The highest BCUT2D eigenvalue weighted by atomic mass is 35.5. The molecule has 1 amide bonds. The topological polar surface area (TPSA) is 99.3 Å². The lowest BCUT2D eigenvalue weighted by molar-refractivity contribution is -0.384. The number of likely N-dealkylation sites (N-methyl/N-ethyl adjacent to an activating group) is 1. The lowest BCUT2D eigenvalue weighted by Crippen LogP contribution is -2.39. The van der Waals surface area contributed by atoms with Crippen molar-refractivity contribution in [2.24, 2.45) is 0 Å². The van der Waals surface area contributed by atoms with E-state index in [1.165, 1.54) is 30.8 Å². The predicted octanol–water partition coefficient (Wildman–Crippen LogP) is 3.86. The third-order valence-electron chi connectivity index (χ3n) is 4.32. The molecular formula is C17H19ClN4O3. The Morgan fingerprint density at radius 2 is 2.12 bits per heavy atom. The predicted molar refractivity (Wildman–Crippen MR) is 95.1 cm³/mol. The summed E-state index contributed by atoms with van der Waals surface area (Å²) in [4.78, 5) is 24.4. The maximum Gasteiger partial charge on any atom is 0.289 e. The summed E-state index contributed by atoms with van der Waals surface area (Å²) >= 11 is 5.76. The standard InChI is InChI=1S/C17H19ClN4O3/c1-21(14-5-3-2-4-6-14)17(23)12(10-19)11-20-13-7-8-15(18)16(9-13)22(24)25/h7-9,11,14,20H,2-6H2,1H3/b12-11-. The van der Waals surface area contributed by atoms with E-state index >= 15 is 0 Å². The zero-order chi connectivity index (χ0) is 18.4. The lowest BCUT2D eigenvalue weighted by Gasteiger charge is -2.31. The van der Waals surface area contributed by atoms with E-state index in [9.17, 15) is 20.2 Å². The van der Waals surface area contributed by atoms with Gasteiger partial charge in [-0.1, -0.05) is 30.9 Å². The number of nitrogens with one attached hydrogen (secondary N) is 1. The molecule has 1 fully saturated rings. The van der Waals surface area contributed by atoms with Crippen molar-refractivity contribution in [3.63, 3.8) is 0 Å². The van der Waals surface area contributed by atoms with E-state index in [2.05, 4.69) is 5.32 Å². The molecule has 0 bridgehead atoms. The molecule has 8 heteroatoms. The number of nitro benzene ring substituents is 1. The van der Waals surface area contributed by atoms with Gasteiger partial charge in [-0.25, -0.2) is 0 Å². The fourth-order valence-electron chi connectivity index (χ4n) is 2.86. The minimum atomic E-state index is -0.593. The smallest absolute Gasteiger partial charge is 0.289 e. The molecule has 1 aliphatic rings. The molecule has 0 atom stereocenters. The molecule has 0 saturated heterocycles. The maximum absolute atomic E-state index is 12.5. The third-order valence-corrected chi connectivity index (χ3v) is 4.64. The van der Waals surface area contributed by atoms with Crippen LogP contribution in [0.5, 0.6) is 0 Å². The highest BCUT2D eigenvalue weighted by Gasteiger charge is 2.24. The van der Waals surface area contributed by atoms with Crippen molar-refractivity contribution in [2.45, 2.75) is 38.1 Å². The molecule has 1 N–H and O–H groups in total. The van der Waals surface area contributed by atoms with Crippen molar-refractivity contribution in [2.75, 3.05) is 12.4 Å². The number of nitrogens with zero attached hydrogens (tertiary/aromatic N) is 3. The Balaban J connectivity index is 2.12. The summed E-state index contributed by atoms with van der Waals surface area (Å²) in [6.45, 7) is 0. The van der Waals surface area contributed by atoms with Crippen LogP contribution in [0.1, 0.15) is 32.1 Å². The summed E-state index contributed by atoms with van der Waals surface area (Å²) in [6, 6.07) is 6.21. The SMILES string of the molecule is CN(C(=O)/C(C#N)=C\Nc1ccc(Cl)c([N+](=O)[O-])c1)C1CCCCC1. The lowest BCUT2D eigenvalue weighted by atomic mass is 9.94. The molecule has 0 spiro atoms. The molecule has 0 unspecified atom stereocenters. The molecule has 0 heterocycles. The highest BCUT2D eigenvalue weighted by Crippen LogP contribution is 2.27. The molecule has 1 saturated carbocycles. The second-order valence-electron chi connectivity index (χ2n) is 5.95. The van der Waals surface area contributed by atoms with E-state index in [0.29, 0.717) is 5.69 Å². The summed E-state index contributed by atoms with van der Waals surface area (Å²) < 4.78 is 0. The van der Waals surface area contributed by atoms with Crippen LogP contribution < -0.4 is 5.32 Å². The van der Waals surface area contributed by atoms with Crippen molar-refractivity contribution in [1.29, 1.82) is 5.26 Å². The van der Waals surface area contributed by atoms with Gasteiger partial charge in [-0.15, -0.1) is 0 Å². The van der Waals surface area contributed by atoms with Crippen LogP contribution in [0, 0.1) is 21.4 Å². The van der Waals surface area contributed by atoms with Crippen LogP contribution in [0.3, 0.4) is 0 Å². The number of rotatable bonds is 5. The van der Waals surface area contributed by atoms with Crippen LogP contribution in [0.15, 0.2) is 30.0 Å². The monoisotopic (exact) mass is 362 g/mol. The fourth-order valence-corrected chi connectivity index (χ4v) is 3.05. The van der Waals surface area contributed by atoms with Crippen LogP contribution in [-0.4, -0.2) is 28.8 Å². The van der Waals surface area contributed by atoms with Crippen LogP contribution in [0.2, 0.25) is 5.02 Å².